The van der Waals surface area contributed by atoms with Crippen molar-refractivity contribution in [1.82, 2.24) is 20.3 Å². The number of fused-ring (bicyclic) bond motifs is 1. The molecule has 0 unspecified atom stereocenters. The topological polar surface area (TPSA) is 69.0 Å². The lowest BCUT2D eigenvalue weighted by Gasteiger charge is -2.06. The number of aromatic nitrogens is 3. The number of carbonyl (C=O) groups excluding carboxylic acids is 1. The number of para-hydroxylation sites is 1. The lowest BCUT2D eigenvalue weighted by Crippen LogP contribution is -2.24. The van der Waals surface area contributed by atoms with E-state index in [2.05, 4.69) is 15.6 Å². The van der Waals surface area contributed by atoms with Gasteiger partial charge in [0.2, 0.25) is 0 Å². The predicted molar refractivity (Wildman–Crippen MR) is 96.7 cm³/mol. The number of nitrogens with zero attached hydrogens (tertiary/aromatic N) is 3. The van der Waals surface area contributed by atoms with E-state index in [1.165, 1.54) is 11.3 Å². The number of amides is 1. The Kier molecular flexibility index (Phi) is 4.76. The normalized spacial score (nSPS) is 17.2. The molecule has 1 amide bonds. The maximum Gasteiger partial charge on any atom is 0.261 e. The van der Waals surface area contributed by atoms with E-state index < -0.39 is 0 Å². The summed E-state index contributed by atoms with van der Waals surface area (Å²) in [7, 11) is 0. The van der Waals surface area contributed by atoms with E-state index >= 15 is 0 Å². The van der Waals surface area contributed by atoms with Gasteiger partial charge in [-0.05, 0) is 43.5 Å². The quantitative estimate of drug-likeness (QED) is 0.689. The molecule has 7 heteroatoms. The number of hydrogen-bond donors (Lipinski definition) is 1. The minimum Gasteiger partial charge on any atom is -0.373 e. The van der Waals surface area contributed by atoms with Gasteiger partial charge in [0.15, 0.2) is 0 Å². The third kappa shape index (κ3) is 3.57. The number of aryl methyl sites for hydroxylation is 1. The average molecular weight is 356 g/mol. The number of nitrogens with one attached hydrogen (secondary N) is 1. The van der Waals surface area contributed by atoms with Crippen molar-refractivity contribution in [2.45, 2.75) is 31.9 Å². The monoisotopic (exact) mass is 356 g/mol. The Morgan fingerprint density at radius 1 is 1.32 bits per heavy atom. The molecule has 0 bridgehead atoms. The zero-order valence-electron chi connectivity index (χ0n) is 13.9. The third-order valence-corrected chi connectivity index (χ3v) is 5.53. The van der Waals surface area contributed by atoms with Crippen LogP contribution in [-0.2, 0) is 11.3 Å². The molecule has 0 spiro atoms. The number of benzene rings is 1. The highest BCUT2D eigenvalue weighted by molar-refractivity contribution is 7.14. The van der Waals surface area contributed by atoms with E-state index in [9.17, 15) is 4.79 Å². The van der Waals surface area contributed by atoms with Gasteiger partial charge in [-0.2, -0.15) is 0 Å². The molecule has 1 aliphatic rings. The molecule has 6 nitrogen and oxygen atoms in total. The number of carbonyl (C=O) groups is 1. The van der Waals surface area contributed by atoms with E-state index in [0.717, 1.165) is 53.2 Å². The first kappa shape index (κ1) is 16.2. The van der Waals surface area contributed by atoms with Crippen LogP contribution >= 0.6 is 11.3 Å². The van der Waals surface area contributed by atoms with E-state index in [1.807, 2.05) is 41.1 Å². The fraction of sp³-hybridized carbons (Fsp3) is 0.389. The van der Waals surface area contributed by atoms with Crippen LogP contribution in [0.2, 0.25) is 0 Å². The molecule has 2 aromatic heterocycles. The van der Waals surface area contributed by atoms with Crippen LogP contribution < -0.4 is 5.32 Å². The Morgan fingerprint density at radius 2 is 2.24 bits per heavy atom. The molecular formula is C18H20N4O2S. The highest BCUT2D eigenvalue weighted by atomic mass is 32.1. The van der Waals surface area contributed by atoms with E-state index in [-0.39, 0.29) is 12.0 Å². The summed E-state index contributed by atoms with van der Waals surface area (Å²) >= 11 is 1.53. The molecule has 1 aromatic carbocycles. The summed E-state index contributed by atoms with van der Waals surface area (Å²) in [5.74, 6) is -0.0160. The Balaban J connectivity index is 1.27. The summed E-state index contributed by atoms with van der Waals surface area (Å²) in [4.78, 5) is 14.2. The van der Waals surface area contributed by atoms with Crippen LogP contribution in [0, 0.1) is 0 Å². The molecule has 0 aliphatic carbocycles. The fourth-order valence-corrected chi connectivity index (χ4v) is 4.06. The first-order valence-corrected chi connectivity index (χ1v) is 9.41. The van der Waals surface area contributed by atoms with Gasteiger partial charge in [-0.25, -0.2) is 4.68 Å². The molecule has 0 saturated carbocycles. The van der Waals surface area contributed by atoms with Crippen LogP contribution in [-0.4, -0.2) is 34.1 Å². The van der Waals surface area contributed by atoms with Gasteiger partial charge in [0.25, 0.3) is 5.91 Å². The first-order chi connectivity index (χ1) is 12.3. The second kappa shape index (κ2) is 7.33. The average Bonchev–Trinajstić information content (AvgIpc) is 3.38. The zero-order chi connectivity index (χ0) is 17.1. The van der Waals surface area contributed by atoms with Gasteiger partial charge < -0.3 is 10.1 Å². The van der Waals surface area contributed by atoms with Gasteiger partial charge in [-0.15, -0.1) is 16.4 Å². The van der Waals surface area contributed by atoms with Crippen LogP contribution in [0.4, 0.5) is 0 Å². The highest BCUT2D eigenvalue weighted by Crippen LogP contribution is 2.33. The number of thiophene rings is 1. The molecule has 0 radical (unpaired) electrons. The summed E-state index contributed by atoms with van der Waals surface area (Å²) in [5.41, 5.74) is 1.92. The second-order valence-corrected chi connectivity index (χ2v) is 7.23. The summed E-state index contributed by atoms with van der Waals surface area (Å²) in [5, 5.41) is 11.3. The van der Waals surface area contributed by atoms with Crippen LogP contribution in [0.25, 0.3) is 11.0 Å². The molecule has 3 aromatic rings. The Labute approximate surface area is 149 Å². The summed E-state index contributed by atoms with van der Waals surface area (Å²) in [6, 6.07) is 11.8. The number of ether oxygens (including phenoxy) is 1. The minimum atomic E-state index is -0.0160. The highest BCUT2D eigenvalue weighted by Gasteiger charge is 2.20. The smallest absolute Gasteiger partial charge is 0.261 e. The molecule has 4 rings (SSSR count). The summed E-state index contributed by atoms with van der Waals surface area (Å²) in [6.45, 7) is 2.16. The number of rotatable bonds is 6. The van der Waals surface area contributed by atoms with Crippen molar-refractivity contribution in [2.75, 3.05) is 13.2 Å². The molecule has 3 heterocycles. The number of hydrogen-bond acceptors (Lipinski definition) is 5. The van der Waals surface area contributed by atoms with Gasteiger partial charge >= 0.3 is 0 Å². The summed E-state index contributed by atoms with van der Waals surface area (Å²) < 4.78 is 7.55. The van der Waals surface area contributed by atoms with Crippen molar-refractivity contribution in [1.29, 1.82) is 0 Å². The van der Waals surface area contributed by atoms with Crippen molar-refractivity contribution < 1.29 is 9.53 Å². The molecule has 1 N–H and O–H groups in total. The van der Waals surface area contributed by atoms with Gasteiger partial charge in [0, 0.05) is 24.6 Å². The van der Waals surface area contributed by atoms with Crippen molar-refractivity contribution >= 4 is 28.3 Å². The lowest BCUT2D eigenvalue weighted by molar-refractivity contribution is 0.0956. The minimum absolute atomic E-state index is 0.0160. The molecule has 1 atom stereocenters. The van der Waals surface area contributed by atoms with Crippen LogP contribution in [0.5, 0.6) is 0 Å². The van der Waals surface area contributed by atoms with Crippen molar-refractivity contribution in [3.63, 3.8) is 0 Å². The van der Waals surface area contributed by atoms with E-state index in [1.54, 1.807) is 0 Å². The standard InChI is InChI=1S/C18H20N4O2S/c23-18(17-9-8-16(25-17)15-7-3-12-24-15)19-10-4-11-22-14-6-2-1-5-13(14)20-21-22/h1-2,5-6,8-9,15H,3-4,7,10-12H2,(H,19,23)/t15-/m1/s1. The predicted octanol–water partition coefficient (Wildman–Crippen LogP) is 3.16. The first-order valence-electron chi connectivity index (χ1n) is 8.59. The zero-order valence-corrected chi connectivity index (χ0v) is 14.7. The van der Waals surface area contributed by atoms with Crippen LogP contribution in [0.1, 0.15) is 39.9 Å². The molecule has 25 heavy (non-hydrogen) atoms. The van der Waals surface area contributed by atoms with E-state index in [0.29, 0.717) is 6.54 Å². The van der Waals surface area contributed by atoms with E-state index in [4.69, 9.17) is 4.74 Å². The Hall–Kier alpha value is -2.25. The Bertz CT molecular complexity index is 867. The van der Waals surface area contributed by atoms with Crippen molar-refractivity contribution in [3.05, 3.63) is 46.2 Å². The second-order valence-electron chi connectivity index (χ2n) is 6.11. The van der Waals surface area contributed by atoms with Gasteiger partial charge in [0.1, 0.15) is 5.52 Å². The molecule has 1 saturated heterocycles. The summed E-state index contributed by atoms with van der Waals surface area (Å²) in [6.07, 6.45) is 3.13. The maximum absolute atomic E-state index is 12.3. The molecule has 1 fully saturated rings. The molecule has 130 valence electrons. The van der Waals surface area contributed by atoms with Gasteiger partial charge in [-0.1, -0.05) is 17.3 Å². The van der Waals surface area contributed by atoms with Crippen molar-refractivity contribution in [2.24, 2.45) is 0 Å². The van der Waals surface area contributed by atoms with Crippen molar-refractivity contribution in [3.8, 4) is 0 Å². The van der Waals surface area contributed by atoms with Crippen LogP contribution in [0.3, 0.4) is 0 Å². The molecule has 1 aliphatic heterocycles. The van der Waals surface area contributed by atoms with Crippen LogP contribution in [0.15, 0.2) is 36.4 Å². The largest absolute Gasteiger partial charge is 0.373 e. The lowest BCUT2D eigenvalue weighted by atomic mass is 10.2. The Morgan fingerprint density at radius 3 is 3.12 bits per heavy atom. The molecular weight excluding hydrogens is 336 g/mol. The third-order valence-electron chi connectivity index (χ3n) is 4.35. The van der Waals surface area contributed by atoms with Gasteiger partial charge in [0.05, 0.1) is 16.5 Å². The SMILES string of the molecule is O=C(NCCCn1nnc2ccccc21)c1ccc([C@H]2CCCO2)s1. The fourth-order valence-electron chi connectivity index (χ4n) is 3.05. The maximum atomic E-state index is 12.3. The van der Waals surface area contributed by atoms with Gasteiger partial charge in [-0.3, -0.25) is 4.79 Å².